The van der Waals surface area contributed by atoms with Gasteiger partial charge in [-0.1, -0.05) is 6.07 Å². The molecule has 0 saturated carbocycles. The van der Waals surface area contributed by atoms with Gasteiger partial charge in [-0.3, -0.25) is 34.4 Å². The Morgan fingerprint density at radius 3 is 2.62 bits per heavy atom. The first-order chi connectivity index (χ1) is 18.7. The quantitative estimate of drug-likeness (QED) is 0.497. The van der Waals surface area contributed by atoms with E-state index in [4.69, 9.17) is 4.74 Å². The summed E-state index contributed by atoms with van der Waals surface area (Å²) in [6, 6.07) is 12.0. The Kier molecular flexibility index (Phi) is 5.82. The summed E-state index contributed by atoms with van der Waals surface area (Å²) in [4.78, 5) is 58.5. The molecule has 4 heterocycles. The summed E-state index contributed by atoms with van der Waals surface area (Å²) in [5, 5.41) is 5.65. The fourth-order valence-corrected chi connectivity index (χ4v) is 5.34. The second-order valence-electron chi connectivity index (χ2n) is 10.1. The average molecular weight is 526 g/mol. The number of rotatable bonds is 4. The summed E-state index contributed by atoms with van der Waals surface area (Å²) in [5.74, 6) is -1.42. The third-order valence-electron chi connectivity index (χ3n) is 7.57. The van der Waals surface area contributed by atoms with Crippen molar-refractivity contribution < 1.29 is 23.9 Å². The highest BCUT2D eigenvalue weighted by Gasteiger charge is 2.45. The minimum Gasteiger partial charge on any atom is -0.489 e. The molecule has 2 atom stereocenters. The third-order valence-corrected chi connectivity index (χ3v) is 7.57. The van der Waals surface area contributed by atoms with E-state index in [2.05, 4.69) is 27.4 Å². The number of fused-ring (bicyclic) bond motifs is 2. The number of nitrogens with zero attached hydrogens (tertiary/aromatic N) is 3. The number of nitrogens with one attached hydrogen (secondary N) is 2. The lowest BCUT2D eigenvalue weighted by Crippen LogP contribution is -2.54. The number of anilines is 3. The normalized spacial score (nSPS) is 20.4. The zero-order valence-electron chi connectivity index (χ0n) is 21.8. The number of ether oxygens (including phenoxy) is 1. The maximum atomic E-state index is 13.6. The van der Waals surface area contributed by atoms with Crippen LogP contribution in [0.3, 0.4) is 0 Å². The van der Waals surface area contributed by atoms with E-state index in [9.17, 15) is 19.2 Å². The first-order valence-electron chi connectivity index (χ1n) is 12.8. The van der Waals surface area contributed by atoms with Crippen LogP contribution in [0.5, 0.6) is 5.75 Å². The number of hydrogen-bond donors (Lipinski definition) is 2. The van der Waals surface area contributed by atoms with Crippen LogP contribution in [0.1, 0.15) is 46.2 Å². The zero-order valence-corrected chi connectivity index (χ0v) is 21.8. The van der Waals surface area contributed by atoms with Gasteiger partial charge in [-0.25, -0.2) is 0 Å². The molecule has 10 heteroatoms. The molecule has 4 amide bonds. The van der Waals surface area contributed by atoms with Crippen molar-refractivity contribution in [2.75, 3.05) is 23.9 Å². The van der Waals surface area contributed by atoms with Crippen molar-refractivity contribution in [2.24, 2.45) is 0 Å². The maximum absolute atomic E-state index is 13.6. The number of imide groups is 2. The average Bonchev–Trinajstić information content (AvgIpc) is 3.17. The molecule has 3 aliphatic heterocycles. The van der Waals surface area contributed by atoms with E-state index in [1.165, 1.54) is 0 Å². The van der Waals surface area contributed by atoms with Crippen molar-refractivity contribution in [3.63, 3.8) is 0 Å². The van der Waals surface area contributed by atoms with Crippen LogP contribution in [0.2, 0.25) is 0 Å². The lowest BCUT2D eigenvalue weighted by atomic mass is 10.00. The van der Waals surface area contributed by atoms with Crippen molar-refractivity contribution in [2.45, 2.75) is 38.8 Å². The molecule has 2 N–H and O–H groups in total. The Bertz CT molecular complexity index is 1570. The molecule has 1 aromatic heterocycles. The van der Waals surface area contributed by atoms with E-state index >= 15 is 0 Å². The van der Waals surface area contributed by atoms with Crippen LogP contribution in [0.4, 0.5) is 17.1 Å². The summed E-state index contributed by atoms with van der Waals surface area (Å²) >= 11 is 0. The van der Waals surface area contributed by atoms with Crippen LogP contribution in [-0.2, 0) is 9.59 Å². The van der Waals surface area contributed by atoms with Gasteiger partial charge in [0.1, 0.15) is 18.4 Å². The van der Waals surface area contributed by atoms with Gasteiger partial charge in [-0.05, 0) is 62.2 Å². The molecule has 1 fully saturated rings. The van der Waals surface area contributed by atoms with Gasteiger partial charge in [-0.15, -0.1) is 0 Å². The van der Waals surface area contributed by atoms with E-state index in [-0.39, 0.29) is 30.0 Å². The van der Waals surface area contributed by atoms with E-state index in [1.807, 2.05) is 38.2 Å². The molecule has 0 unspecified atom stereocenters. The van der Waals surface area contributed by atoms with E-state index in [0.717, 1.165) is 38.8 Å². The van der Waals surface area contributed by atoms with Crippen molar-refractivity contribution in [3.8, 4) is 16.9 Å². The van der Waals surface area contributed by atoms with Gasteiger partial charge in [0.2, 0.25) is 11.8 Å². The van der Waals surface area contributed by atoms with Crippen LogP contribution >= 0.6 is 0 Å². The third kappa shape index (κ3) is 4.08. The summed E-state index contributed by atoms with van der Waals surface area (Å²) in [6.07, 6.45) is 1.90. The molecule has 6 rings (SSSR count). The lowest BCUT2D eigenvalue weighted by molar-refractivity contribution is -0.136. The van der Waals surface area contributed by atoms with Gasteiger partial charge in [0.05, 0.1) is 28.5 Å². The number of likely N-dealkylation sites (N-methyl/N-ethyl adjacent to an activating group) is 1. The largest absolute Gasteiger partial charge is 0.489 e. The Balaban J connectivity index is 1.43. The van der Waals surface area contributed by atoms with Crippen LogP contribution in [-0.4, -0.2) is 59.3 Å². The van der Waals surface area contributed by atoms with Gasteiger partial charge < -0.3 is 15.0 Å². The van der Waals surface area contributed by atoms with E-state index < -0.39 is 29.7 Å². The number of carbonyl (C=O) groups excluding carboxylic acids is 4. The van der Waals surface area contributed by atoms with Gasteiger partial charge in [-0.2, -0.15) is 0 Å². The number of benzene rings is 2. The van der Waals surface area contributed by atoms with E-state index in [0.29, 0.717) is 12.3 Å². The lowest BCUT2D eigenvalue weighted by Gasteiger charge is -2.34. The summed E-state index contributed by atoms with van der Waals surface area (Å²) < 4.78 is 6.06. The minimum atomic E-state index is -1.03. The summed E-state index contributed by atoms with van der Waals surface area (Å²) in [6.45, 7) is 4.55. The Labute approximate surface area is 225 Å². The molecule has 3 aromatic rings. The number of carbonyl (C=O) groups is 4. The van der Waals surface area contributed by atoms with Crippen LogP contribution in [0, 0.1) is 6.92 Å². The molecule has 0 bridgehead atoms. The topological polar surface area (TPSA) is 121 Å². The molecule has 1 saturated heterocycles. The number of pyridine rings is 1. The van der Waals surface area contributed by atoms with Gasteiger partial charge in [0.25, 0.3) is 11.8 Å². The summed E-state index contributed by atoms with van der Waals surface area (Å²) in [5.41, 5.74) is 5.08. The van der Waals surface area contributed by atoms with Crippen molar-refractivity contribution in [1.82, 2.24) is 15.2 Å². The van der Waals surface area contributed by atoms with Gasteiger partial charge >= 0.3 is 0 Å². The highest BCUT2D eigenvalue weighted by Crippen LogP contribution is 2.43. The smallest absolute Gasteiger partial charge is 0.264 e. The number of amides is 4. The highest BCUT2D eigenvalue weighted by molar-refractivity contribution is 6.25. The molecule has 2 aromatic carbocycles. The molecule has 0 radical (unpaired) electrons. The number of aromatic nitrogens is 1. The van der Waals surface area contributed by atoms with Gasteiger partial charge in [0.15, 0.2) is 0 Å². The second-order valence-corrected chi connectivity index (χ2v) is 10.1. The summed E-state index contributed by atoms with van der Waals surface area (Å²) in [7, 11) is 2.01. The Hall–Kier alpha value is -4.73. The van der Waals surface area contributed by atoms with Crippen LogP contribution in [0.25, 0.3) is 11.1 Å². The number of hydrogen-bond acceptors (Lipinski definition) is 8. The zero-order chi connectivity index (χ0) is 27.4. The van der Waals surface area contributed by atoms with Crippen molar-refractivity contribution in [3.05, 3.63) is 65.5 Å². The predicted octanol–water partition coefficient (Wildman–Crippen LogP) is 3.42. The minimum absolute atomic E-state index is 0.0623. The molecule has 3 aliphatic rings. The molecule has 0 spiro atoms. The standard InChI is InChI=1S/C29H27N5O5/c1-15-11-17(9-10-30-15)19-12-24-23(33(3)16(2)14-39-24)13-21(19)31-20-6-4-5-18-26(20)29(38)34(28(18)37)22-7-8-25(35)32-27(22)36/h4-6,9-13,16,22,31H,7-8,14H2,1-3H3,(H,32,35,36)/t16-,22+/m1/s1. The molecule has 198 valence electrons. The molecular weight excluding hydrogens is 498 g/mol. The van der Waals surface area contributed by atoms with Gasteiger partial charge in [0, 0.05) is 36.6 Å². The predicted molar refractivity (Wildman–Crippen MR) is 144 cm³/mol. The fraction of sp³-hybridized carbons (Fsp3) is 0.276. The first kappa shape index (κ1) is 24.6. The van der Waals surface area contributed by atoms with E-state index in [1.54, 1.807) is 24.4 Å². The fourth-order valence-electron chi connectivity index (χ4n) is 5.34. The molecule has 0 aliphatic carbocycles. The SMILES string of the molecule is Cc1cc(-c2cc3c(cc2Nc2cccc4c2C(=O)N([C@H]2CCC(=O)NC2=O)C4=O)N(C)[C@H](C)CO3)ccn1. The molecule has 39 heavy (non-hydrogen) atoms. The second kappa shape index (κ2) is 9.23. The Morgan fingerprint density at radius 2 is 1.85 bits per heavy atom. The Morgan fingerprint density at radius 1 is 1.03 bits per heavy atom. The highest BCUT2D eigenvalue weighted by atomic mass is 16.5. The number of piperidine rings is 1. The first-order valence-corrected chi connectivity index (χ1v) is 12.8. The monoisotopic (exact) mass is 525 g/mol. The van der Waals surface area contributed by atoms with Crippen molar-refractivity contribution >= 4 is 40.7 Å². The maximum Gasteiger partial charge on any atom is 0.264 e. The molecule has 10 nitrogen and oxygen atoms in total. The number of aryl methyl sites for hydroxylation is 1. The van der Waals surface area contributed by atoms with Crippen LogP contribution < -0.4 is 20.3 Å². The van der Waals surface area contributed by atoms with Crippen LogP contribution in [0.15, 0.2) is 48.7 Å². The molecular formula is C29H27N5O5. The van der Waals surface area contributed by atoms with Crippen molar-refractivity contribution in [1.29, 1.82) is 0 Å².